The monoisotopic (exact) mass is 320 g/mol. The second kappa shape index (κ2) is 7.00. The van der Waals surface area contributed by atoms with E-state index in [9.17, 15) is 0 Å². The number of hydrogen-bond donors (Lipinski definition) is 0. The van der Waals surface area contributed by atoms with Crippen LogP contribution >= 0.6 is 7.92 Å². The molecule has 2 atom stereocenters. The smallest absolute Gasteiger partial charge is 0.0957 e. The van der Waals surface area contributed by atoms with Crippen molar-refractivity contribution in [3.05, 3.63) is 11.6 Å². The fraction of sp³-hybridized carbons (Fsp3) is 0.900. The van der Waals surface area contributed by atoms with Gasteiger partial charge >= 0.3 is 0 Å². The lowest BCUT2D eigenvalue weighted by Crippen LogP contribution is -2.34. The zero-order valence-electron chi connectivity index (χ0n) is 16.2. The molecule has 2 unspecified atom stereocenters. The maximum absolute atomic E-state index is 2.56. The second-order valence-electron chi connectivity index (χ2n) is 9.78. The second-order valence-corrected chi connectivity index (χ2v) is 13.8. The largest absolute Gasteiger partial charge is 0.151 e. The highest BCUT2D eigenvalue weighted by Gasteiger charge is 2.39. The van der Waals surface area contributed by atoms with Crippen LogP contribution in [0.3, 0.4) is 0 Å². The van der Waals surface area contributed by atoms with Crippen LogP contribution in [0.1, 0.15) is 80.6 Å². The van der Waals surface area contributed by atoms with Crippen LogP contribution in [0.15, 0.2) is 11.6 Å². The summed E-state index contributed by atoms with van der Waals surface area (Å²) in [6.07, 6.45) is 12.8. The topological polar surface area (TPSA) is 0 Å². The third-order valence-corrected chi connectivity index (χ3v) is 10.1. The van der Waals surface area contributed by atoms with E-state index in [-0.39, 0.29) is 7.92 Å². The molecular formula is C20H38BP. The van der Waals surface area contributed by atoms with Gasteiger partial charge in [-0.1, -0.05) is 98.9 Å². The van der Waals surface area contributed by atoms with Crippen molar-refractivity contribution in [2.24, 2.45) is 0 Å². The van der Waals surface area contributed by atoms with Crippen LogP contribution in [0.5, 0.6) is 0 Å². The minimum atomic E-state index is 0.0899. The lowest BCUT2D eigenvalue weighted by atomic mass is 9.26. The quantitative estimate of drug-likeness (QED) is 0.291. The summed E-state index contributed by atoms with van der Waals surface area (Å²) in [4.78, 5) is 0. The molecule has 22 heavy (non-hydrogen) atoms. The van der Waals surface area contributed by atoms with E-state index in [1.807, 2.05) is 0 Å². The Morgan fingerprint density at radius 1 is 1.09 bits per heavy atom. The first-order chi connectivity index (χ1) is 10.1. The van der Waals surface area contributed by atoms with Gasteiger partial charge in [0.1, 0.15) is 0 Å². The summed E-state index contributed by atoms with van der Waals surface area (Å²) >= 11 is 0. The minimum absolute atomic E-state index is 0.0899. The first kappa shape index (κ1) is 18.6. The predicted octanol–water partition coefficient (Wildman–Crippen LogP) is 7.22. The zero-order valence-corrected chi connectivity index (χ0v) is 17.1. The molecule has 2 bridgehead atoms. The lowest BCUT2D eigenvalue weighted by Gasteiger charge is -2.43. The van der Waals surface area contributed by atoms with Crippen molar-refractivity contribution in [1.29, 1.82) is 0 Å². The van der Waals surface area contributed by atoms with Crippen molar-refractivity contribution in [2.45, 2.75) is 109 Å². The molecule has 0 amide bonds. The third kappa shape index (κ3) is 4.40. The van der Waals surface area contributed by atoms with Gasteiger partial charge in [0.2, 0.25) is 0 Å². The van der Waals surface area contributed by atoms with Crippen LogP contribution in [-0.2, 0) is 0 Å². The van der Waals surface area contributed by atoms with Crippen LogP contribution in [0.25, 0.3) is 0 Å². The van der Waals surface area contributed by atoms with Crippen LogP contribution in [-0.4, -0.2) is 23.2 Å². The van der Waals surface area contributed by atoms with Gasteiger partial charge in [0.05, 0.1) is 0 Å². The number of fused-ring (bicyclic) bond motifs is 2. The Morgan fingerprint density at radius 2 is 1.73 bits per heavy atom. The van der Waals surface area contributed by atoms with Crippen molar-refractivity contribution in [3.8, 4) is 0 Å². The molecule has 2 aliphatic heterocycles. The first-order valence-electron chi connectivity index (χ1n) is 9.55. The molecule has 0 N–H and O–H groups in total. The Labute approximate surface area is 141 Å². The maximum atomic E-state index is 2.56. The van der Waals surface area contributed by atoms with E-state index in [1.54, 1.807) is 5.57 Å². The van der Waals surface area contributed by atoms with Crippen molar-refractivity contribution in [2.75, 3.05) is 6.16 Å². The molecule has 2 rings (SSSR count). The SMILES string of the molecule is CC1=CCC2CCCC1B2CCCP(C(C)(C)C)C(C)(C)C. The third-order valence-electron chi connectivity index (χ3n) is 6.08. The van der Waals surface area contributed by atoms with Gasteiger partial charge in [-0.3, -0.25) is 0 Å². The van der Waals surface area contributed by atoms with Crippen molar-refractivity contribution in [1.82, 2.24) is 0 Å². The van der Waals surface area contributed by atoms with Crippen LogP contribution in [0.4, 0.5) is 0 Å². The molecule has 1 saturated heterocycles. The van der Waals surface area contributed by atoms with Crippen LogP contribution in [0, 0.1) is 0 Å². The van der Waals surface area contributed by atoms with Gasteiger partial charge in [0.25, 0.3) is 0 Å². The summed E-state index contributed by atoms with van der Waals surface area (Å²) in [5.41, 5.74) is 1.72. The maximum Gasteiger partial charge on any atom is 0.151 e. The Bertz CT molecular complexity index is 385. The van der Waals surface area contributed by atoms with Gasteiger partial charge < -0.3 is 0 Å². The van der Waals surface area contributed by atoms with E-state index in [4.69, 9.17) is 0 Å². The van der Waals surface area contributed by atoms with Gasteiger partial charge in [0.15, 0.2) is 6.71 Å². The van der Waals surface area contributed by atoms with Gasteiger partial charge in [0, 0.05) is 0 Å². The van der Waals surface area contributed by atoms with Gasteiger partial charge in [-0.2, -0.15) is 0 Å². The van der Waals surface area contributed by atoms with Gasteiger partial charge in [-0.15, -0.1) is 0 Å². The molecule has 0 saturated carbocycles. The van der Waals surface area contributed by atoms with E-state index in [0.717, 1.165) is 18.3 Å². The summed E-state index contributed by atoms with van der Waals surface area (Å²) in [7, 11) is 0.0899. The summed E-state index contributed by atoms with van der Waals surface area (Å²) in [6, 6.07) is 0. The molecule has 0 aromatic carbocycles. The highest BCUT2D eigenvalue weighted by atomic mass is 31.1. The molecular weight excluding hydrogens is 282 g/mol. The van der Waals surface area contributed by atoms with E-state index >= 15 is 0 Å². The van der Waals surface area contributed by atoms with E-state index < -0.39 is 0 Å². The number of allylic oxidation sites excluding steroid dienone is 2. The molecule has 0 spiro atoms. The fourth-order valence-corrected chi connectivity index (χ4v) is 9.16. The van der Waals surface area contributed by atoms with Gasteiger partial charge in [-0.05, 0) is 35.6 Å². The summed E-state index contributed by atoms with van der Waals surface area (Å²) in [5.74, 6) is 1.95. The molecule has 2 heteroatoms. The van der Waals surface area contributed by atoms with Crippen LogP contribution in [0.2, 0.25) is 18.0 Å². The summed E-state index contributed by atoms with van der Waals surface area (Å²) in [5, 5.41) is 0.984. The van der Waals surface area contributed by atoms with E-state index in [0.29, 0.717) is 10.3 Å². The normalized spacial score (nSPS) is 26.4. The molecule has 0 aromatic heterocycles. The average Bonchev–Trinajstić information content (AvgIpc) is 2.36. The summed E-state index contributed by atoms with van der Waals surface area (Å²) in [6.45, 7) is 18.2. The zero-order chi connectivity index (χ0) is 16.5. The van der Waals surface area contributed by atoms with E-state index in [2.05, 4.69) is 54.5 Å². The highest BCUT2D eigenvalue weighted by molar-refractivity contribution is 7.60. The molecule has 2 heterocycles. The average molecular weight is 320 g/mol. The molecule has 2 aliphatic rings. The van der Waals surface area contributed by atoms with Crippen molar-refractivity contribution >= 4 is 14.6 Å². The Hall–Kier alpha value is 0.235. The Kier molecular flexibility index (Phi) is 5.91. The molecule has 126 valence electrons. The molecule has 0 radical (unpaired) electrons. The van der Waals surface area contributed by atoms with Crippen LogP contribution < -0.4 is 0 Å². The predicted molar refractivity (Wildman–Crippen MR) is 106 cm³/mol. The molecule has 0 aromatic rings. The Morgan fingerprint density at radius 3 is 2.32 bits per heavy atom. The summed E-state index contributed by atoms with van der Waals surface area (Å²) < 4.78 is 0. The molecule has 0 nitrogen and oxygen atoms in total. The number of hydrogen-bond acceptors (Lipinski definition) is 0. The highest BCUT2D eigenvalue weighted by Crippen LogP contribution is 2.60. The first-order valence-corrected chi connectivity index (χ1v) is 11.1. The standard InChI is InChI=1S/C20H38BP/c1-16-12-13-17-10-8-11-18(16)21(17)14-9-15-22(19(2,3)4)20(5,6)7/h12,17-18H,8-11,13-15H2,1-7H3. The van der Waals surface area contributed by atoms with Crippen molar-refractivity contribution in [3.63, 3.8) is 0 Å². The minimum Gasteiger partial charge on any atom is -0.0957 e. The number of rotatable bonds is 4. The molecule has 0 aliphatic carbocycles. The Balaban J connectivity index is 1.94. The molecule has 1 fully saturated rings. The lowest BCUT2D eigenvalue weighted by molar-refractivity contribution is 0.555. The van der Waals surface area contributed by atoms with Gasteiger partial charge in [-0.25, -0.2) is 0 Å². The fourth-order valence-electron chi connectivity index (χ4n) is 5.30. The van der Waals surface area contributed by atoms with Crippen molar-refractivity contribution < 1.29 is 0 Å². The van der Waals surface area contributed by atoms with E-state index in [1.165, 1.54) is 44.6 Å².